The first kappa shape index (κ1) is 26.4. The van der Waals surface area contributed by atoms with Crippen LogP contribution in [0.25, 0.3) is 16.3 Å². The maximum absolute atomic E-state index is 13.4. The number of hydrogen-bond acceptors (Lipinski definition) is 8. The van der Waals surface area contributed by atoms with Gasteiger partial charge in [0.15, 0.2) is 5.17 Å². The van der Waals surface area contributed by atoms with Crippen molar-refractivity contribution in [1.29, 1.82) is 0 Å². The number of rotatable bonds is 8. The lowest BCUT2D eigenvalue weighted by Crippen LogP contribution is -2.32. The fourth-order valence-electron chi connectivity index (χ4n) is 4.32. The third kappa shape index (κ3) is 5.31. The summed E-state index contributed by atoms with van der Waals surface area (Å²) in [6.07, 6.45) is 2.95. The Morgan fingerprint density at radius 1 is 0.900 bits per heavy atom. The molecule has 0 N–H and O–H groups in total. The van der Waals surface area contributed by atoms with E-state index in [1.54, 1.807) is 35.2 Å². The fourth-order valence-corrected chi connectivity index (χ4v) is 6.49. The van der Waals surface area contributed by atoms with Crippen LogP contribution in [-0.4, -0.2) is 51.0 Å². The Bertz CT molecular complexity index is 1670. The summed E-state index contributed by atoms with van der Waals surface area (Å²) in [6.45, 7) is 0.539. The van der Waals surface area contributed by atoms with Gasteiger partial charge >= 0.3 is 0 Å². The monoisotopic (exact) mass is 588 g/mol. The zero-order chi connectivity index (χ0) is 27.6. The molecule has 3 aromatic carbocycles. The summed E-state index contributed by atoms with van der Waals surface area (Å²) in [5.41, 5.74) is 2.38. The second kappa shape index (κ2) is 11.3. The molecular formula is C29H21ClN4O4S2. The van der Waals surface area contributed by atoms with Crippen molar-refractivity contribution in [3.63, 3.8) is 0 Å². The first-order valence-electron chi connectivity index (χ1n) is 12.5. The lowest BCUT2D eigenvalue weighted by Gasteiger charge is -2.16. The van der Waals surface area contributed by atoms with Gasteiger partial charge in [-0.2, -0.15) is 4.99 Å². The molecular weight excluding hydrogens is 568 g/mol. The maximum Gasteiger partial charge on any atom is 0.285 e. The van der Waals surface area contributed by atoms with Crippen molar-refractivity contribution in [3.8, 4) is 0 Å². The predicted octanol–water partition coefficient (Wildman–Crippen LogP) is 6.56. The molecule has 0 radical (unpaired) electrons. The number of unbranched alkanes of at least 4 members (excludes halogenated alkanes) is 1. The molecule has 1 fully saturated rings. The first-order valence-corrected chi connectivity index (χ1v) is 14.5. The largest absolute Gasteiger partial charge is 0.286 e. The molecule has 0 saturated carbocycles. The van der Waals surface area contributed by atoms with Gasteiger partial charge < -0.3 is 0 Å². The van der Waals surface area contributed by atoms with E-state index in [1.807, 2.05) is 48.5 Å². The molecule has 8 nitrogen and oxygen atoms in total. The van der Waals surface area contributed by atoms with Crippen LogP contribution in [0.1, 0.15) is 39.1 Å². The zero-order valence-corrected chi connectivity index (χ0v) is 23.3. The minimum Gasteiger partial charge on any atom is -0.286 e. The predicted molar refractivity (Wildman–Crippen MR) is 158 cm³/mol. The van der Waals surface area contributed by atoms with E-state index in [2.05, 4.69) is 4.98 Å². The van der Waals surface area contributed by atoms with Crippen LogP contribution in [0.2, 0.25) is 5.02 Å². The van der Waals surface area contributed by atoms with Gasteiger partial charge in [-0.3, -0.25) is 24.1 Å². The van der Waals surface area contributed by atoms with E-state index >= 15 is 0 Å². The molecule has 3 heterocycles. The molecule has 0 atom stereocenters. The number of carbonyl (C=O) groups excluding carboxylic acids is 3. The third-order valence-electron chi connectivity index (χ3n) is 6.27. The van der Waals surface area contributed by atoms with Crippen LogP contribution in [0, 0.1) is 0 Å². The molecule has 0 unspecified atom stereocenters. The van der Waals surface area contributed by atoms with Crippen molar-refractivity contribution in [2.45, 2.75) is 12.8 Å². The number of benzene rings is 3. The molecule has 1 aromatic heterocycles. The number of amidine groups is 1. The molecule has 2 aliphatic rings. The third-order valence-corrected chi connectivity index (χ3v) is 8.42. The number of halogens is 1. The highest BCUT2D eigenvalue weighted by atomic mass is 35.5. The number of hydroxylamine groups is 2. The molecule has 200 valence electrons. The molecule has 1 saturated heterocycles. The van der Waals surface area contributed by atoms with E-state index in [4.69, 9.17) is 21.4 Å². The summed E-state index contributed by atoms with van der Waals surface area (Å²) < 4.78 is 0.915. The fraction of sp³-hybridized carbons (Fsp3) is 0.138. The van der Waals surface area contributed by atoms with Crippen LogP contribution >= 0.6 is 34.7 Å². The van der Waals surface area contributed by atoms with E-state index < -0.39 is 11.8 Å². The van der Waals surface area contributed by atoms with Gasteiger partial charge in [-0.15, -0.1) is 5.06 Å². The van der Waals surface area contributed by atoms with Crippen LogP contribution in [0.4, 0.5) is 5.13 Å². The number of amides is 3. The normalized spacial score (nSPS) is 17.2. The van der Waals surface area contributed by atoms with Gasteiger partial charge in [0.1, 0.15) is 0 Å². The average molecular weight is 589 g/mol. The number of hydrogen-bond donors (Lipinski definition) is 0. The van der Waals surface area contributed by atoms with Gasteiger partial charge in [0.25, 0.3) is 17.7 Å². The Hall–Kier alpha value is -3.83. The molecule has 40 heavy (non-hydrogen) atoms. The van der Waals surface area contributed by atoms with Gasteiger partial charge in [0, 0.05) is 11.6 Å². The minimum atomic E-state index is -0.464. The van der Waals surface area contributed by atoms with Crippen LogP contribution in [0.15, 0.2) is 82.7 Å². The molecule has 11 heteroatoms. The van der Waals surface area contributed by atoms with E-state index in [1.165, 1.54) is 23.1 Å². The number of carbonyl (C=O) groups is 3. The Labute approximate surface area is 242 Å². The van der Waals surface area contributed by atoms with Crippen molar-refractivity contribution in [3.05, 3.63) is 99.4 Å². The Kier molecular flexibility index (Phi) is 7.48. The van der Waals surface area contributed by atoms with Crippen molar-refractivity contribution in [1.82, 2.24) is 14.9 Å². The van der Waals surface area contributed by atoms with Crippen molar-refractivity contribution < 1.29 is 19.2 Å². The number of fused-ring (bicyclic) bond motifs is 2. The number of aromatic nitrogens is 1. The summed E-state index contributed by atoms with van der Waals surface area (Å²) in [7, 11) is 0. The molecule has 0 aliphatic carbocycles. The highest BCUT2D eigenvalue weighted by Gasteiger charge is 2.37. The molecule has 0 bridgehead atoms. The summed E-state index contributed by atoms with van der Waals surface area (Å²) in [6, 6.07) is 21.8. The Balaban J connectivity index is 1.15. The highest BCUT2D eigenvalue weighted by molar-refractivity contribution is 8.18. The van der Waals surface area contributed by atoms with Gasteiger partial charge in [0.2, 0.25) is 5.13 Å². The zero-order valence-electron chi connectivity index (χ0n) is 21.0. The number of imide groups is 1. The van der Waals surface area contributed by atoms with Gasteiger partial charge in [-0.05, 0) is 66.6 Å². The Morgan fingerprint density at radius 2 is 1.62 bits per heavy atom. The van der Waals surface area contributed by atoms with Gasteiger partial charge in [-0.25, -0.2) is 4.98 Å². The van der Waals surface area contributed by atoms with Crippen molar-refractivity contribution in [2.75, 3.05) is 13.2 Å². The molecule has 2 aliphatic heterocycles. The number of aliphatic imine (C=N–C) groups is 1. The van der Waals surface area contributed by atoms with E-state index in [0.717, 1.165) is 20.8 Å². The van der Waals surface area contributed by atoms with Crippen molar-refractivity contribution >= 4 is 79.0 Å². The quantitative estimate of drug-likeness (QED) is 0.131. The van der Waals surface area contributed by atoms with E-state index in [9.17, 15) is 14.4 Å². The number of thioether (sulfide) groups is 1. The average Bonchev–Trinajstić information content (AvgIpc) is 3.57. The number of thiazole rings is 1. The second-order valence-electron chi connectivity index (χ2n) is 8.97. The first-order chi connectivity index (χ1) is 19.5. The Morgan fingerprint density at radius 3 is 2.38 bits per heavy atom. The van der Waals surface area contributed by atoms with Crippen LogP contribution in [-0.2, 0) is 9.63 Å². The van der Waals surface area contributed by atoms with Crippen LogP contribution in [0.3, 0.4) is 0 Å². The smallest absolute Gasteiger partial charge is 0.285 e. The summed E-state index contributed by atoms with van der Waals surface area (Å²) >= 11 is 8.84. The van der Waals surface area contributed by atoms with E-state index in [-0.39, 0.29) is 12.5 Å². The summed E-state index contributed by atoms with van der Waals surface area (Å²) in [5.74, 6) is -1.07. The summed E-state index contributed by atoms with van der Waals surface area (Å²) in [5, 5.41) is 2.51. The molecule has 4 aromatic rings. The summed E-state index contributed by atoms with van der Waals surface area (Å²) in [4.78, 5) is 55.5. The maximum atomic E-state index is 13.4. The van der Waals surface area contributed by atoms with E-state index in [0.29, 0.717) is 50.7 Å². The molecule has 0 spiro atoms. The lowest BCUT2D eigenvalue weighted by atomic mass is 10.1. The van der Waals surface area contributed by atoms with Crippen LogP contribution in [0.5, 0.6) is 0 Å². The van der Waals surface area contributed by atoms with Crippen molar-refractivity contribution in [2.24, 2.45) is 4.99 Å². The molecule has 6 rings (SSSR count). The second-order valence-corrected chi connectivity index (χ2v) is 11.4. The highest BCUT2D eigenvalue weighted by Crippen LogP contribution is 2.37. The van der Waals surface area contributed by atoms with Gasteiger partial charge in [0.05, 0.1) is 32.9 Å². The number of nitrogens with zero attached hydrogens (tertiary/aromatic N) is 4. The molecule has 3 amide bonds. The standard InChI is InChI=1S/C29H21ClN4O4S2/c30-19-12-13-22-23(17-19)39-28(31-22)32-29-33(27(37)24(40-29)16-18-8-2-1-3-9-18)14-6-7-15-38-34-25(35)20-10-4-5-11-21(20)26(34)36/h1-5,8-13,16-17H,6-7,14-15H2/b24-16-,32-29-. The van der Waals surface area contributed by atoms with Gasteiger partial charge in [-0.1, -0.05) is 65.4 Å². The minimum absolute atomic E-state index is 0.141. The van der Waals surface area contributed by atoms with Crippen LogP contribution < -0.4 is 0 Å². The topological polar surface area (TPSA) is 92.2 Å². The SMILES string of the molecule is O=C1c2ccccc2C(=O)N1OCCCCN1C(=O)/C(=C/c2ccccc2)S/C1=N\c1nc2ccc(Cl)cc2s1. The lowest BCUT2D eigenvalue weighted by molar-refractivity contribution is -0.122.